The number of rotatable bonds is 3. The molecule has 1 heterocycles. The molecule has 1 unspecified atom stereocenters. The molecule has 0 radical (unpaired) electrons. The Morgan fingerprint density at radius 2 is 2.07 bits per heavy atom. The third-order valence-corrected chi connectivity index (χ3v) is 3.17. The van der Waals surface area contributed by atoms with Gasteiger partial charge in [-0.2, -0.15) is 0 Å². The highest BCUT2D eigenvalue weighted by atomic mass is 14.9. The van der Waals surface area contributed by atoms with Crippen LogP contribution in [-0.2, 0) is 0 Å². The van der Waals surface area contributed by atoms with E-state index in [2.05, 4.69) is 50.4 Å². The quantitative estimate of drug-likeness (QED) is 0.791. The van der Waals surface area contributed by atoms with E-state index in [4.69, 9.17) is 0 Å². The average molecular weight is 201 g/mol. The van der Waals surface area contributed by atoms with Crippen LogP contribution in [0, 0.1) is 13.8 Å². The van der Waals surface area contributed by atoms with E-state index in [0.717, 1.165) is 13.0 Å². The molecule has 0 amide bonds. The number of benzene rings is 1. The van der Waals surface area contributed by atoms with Gasteiger partial charge >= 0.3 is 0 Å². The van der Waals surface area contributed by atoms with E-state index in [1.165, 1.54) is 22.4 Å². The fourth-order valence-electron chi connectivity index (χ4n) is 2.13. The van der Waals surface area contributed by atoms with Crippen LogP contribution in [-0.4, -0.2) is 6.54 Å². The molecule has 0 saturated heterocycles. The molecule has 0 saturated carbocycles. The molecular formula is C14H19N. The first-order valence-electron chi connectivity index (χ1n) is 5.67. The van der Waals surface area contributed by atoms with Gasteiger partial charge in [0.05, 0.1) is 0 Å². The summed E-state index contributed by atoms with van der Waals surface area (Å²) in [6, 6.07) is 6.73. The van der Waals surface area contributed by atoms with Gasteiger partial charge in [-0.1, -0.05) is 30.7 Å². The summed E-state index contributed by atoms with van der Waals surface area (Å²) in [5.41, 5.74) is 5.67. The third kappa shape index (κ3) is 2.23. The lowest BCUT2D eigenvalue weighted by Gasteiger charge is -2.22. The molecule has 15 heavy (non-hydrogen) atoms. The van der Waals surface area contributed by atoms with Crippen molar-refractivity contribution in [3.05, 3.63) is 46.7 Å². The number of allylic oxidation sites excluding steroid dienone is 1. The Balaban J connectivity index is 2.16. The summed E-state index contributed by atoms with van der Waals surface area (Å²) in [5.74, 6) is 0.615. The average Bonchev–Trinajstić information content (AvgIpc) is 2.15. The molecule has 0 spiro atoms. The van der Waals surface area contributed by atoms with E-state index < -0.39 is 0 Å². The number of hydrogen-bond donors (Lipinski definition) is 1. The van der Waals surface area contributed by atoms with Crippen LogP contribution in [0.15, 0.2) is 30.0 Å². The second kappa shape index (κ2) is 4.09. The molecule has 0 bridgehead atoms. The van der Waals surface area contributed by atoms with Crippen LogP contribution in [0.4, 0.5) is 0 Å². The number of hydrogen-bond acceptors (Lipinski definition) is 1. The molecule has 1 atom stereocenters. The summed E-state index contributed by atoms with van der Waals surface area (Å²) in [6.07, 6.45) is 3.42. The zero-order valence-electron chi connectivity index (χ0n) is 9.80. The van der Waals surface area contributed by atoms with Gasteiger partial charge in [-0.25, -0.2) is 0 Å². The maximum absolute atomic E-state index is 3.34. The van der Waals surface area contributed by atoms with E-state index in [-0.39, 0.29) is 0 Å². The molecule has 1 aromatic carbocycles. The second-order valence-electron chi connectivity index (χ2n) is 4.58. The Morgan fingerprint density at radius 1 is 1.33 bits per heavy atom. The summed E-state index contributed by atoms with van der Waals surface area (Å²) in [6.45, 7) is 7.72. The second-order valence-corrected chi connectivity index (χ2v) is 4.58. The SMILES string of the molecule is Cc1ccc(C)c(C(C)CC2=CCN2)c1. The van der Waals surface area contributed by atoms with E-state index in [1.807, 2.05) is 0 Å². The molecule has 1 nitrogen and oxygen atoms in total. The lowest BCUT2D eigenvalue weighted by molar-refractivity contribution is 0.655. The molecule has 1 aliphatic rings. The van der Waals surface area contributed by atoms with Crippen LogP contribution in [0.25, 0.3) is 0 Å². The molecule has 1 aliphatic heterocycles. The zero-order valence-corrected chi connectivity index (χ0v) is 9.80. The van der Waals surface area contributed by atoms with Gasteiger partial charge in [0.2, 0.25) is 0 Å². The van der Waals surface area contributed by atoms with E-state index in [1.54, 1.807) is 0 Å². The minimum absolute atomic E-state index is 0.615. The van der Waals surface area contributed by atoms with E-state index >= 15 is 0 Å². The molecule has 80 valence electrons. The Morgan fingerprint density at radius 3 is 2.67 bits per heavy atom. The van der Waals surface area contributed by atoms with E-state index in [0.29, 0.717) is 5.92 Å². The first kappa shape index (κ1) is 10.3. The Kier molecular flexibility index (Phi) is 2.81. The van der Waals surface area contributed by atoms with Gasteiger partial charge in [0.15, 0.2) is 0 Å². The zero-order chi connectivity index (χ0) is 10.8. The Labute approximate surface area is 92.2 Å². The number of aryl methyl sites for hydroxylation is 2. The molecule has 1 N–H and O–H groups in total. The maximum Gasteiger partial charge on any atom is 0.0347 e. The minimum atomic E-state index is 0.615. The van der Waals surface area contributed by atoms with Gasteiger partial charge in [-0.15, -0.1) is 0 Å². The monoisotopic (exact) mass is 201 g/mol. The van der Waals surface area contributed by atoms with Gasteiger partial charge in [0.1, 0.15) is 0 Å². The summed E-state index contributed by atoms with van der Waals surface area (Å²) < 4.78 is 0. The van der Waals surface area contributed by atoms with Gasteiger partial charge in [-0.3, -0.25) is 0 Å². The van der Waals surface area contributed by atoms with Crippen LogP contribution in [0.3, 0.4) is 0 Å². The van der Waals surface area contributed by atoms with Crippen LogP contribution in [0.2, 0.25) is 0 Å². The standard InChI is InChI=1S/C14H19N/c1-10-4-5-11(2)14(8-10)12(3)9-13-6-7-15-13/h4-6,8,12,15H,7,9H2,1-3H3. The number of nitrogens with one attached hydrogen (secondary N) is 1. The molecular weight excluding hydrogens is 182 g/mol. The largest absolute Gasteiger partial charge is 0.385 e. The summed E-state index contributed by atoms with van der Waals surface area (Å²) in [4.78, 5) is 0. The van der Waals surface area contributed by atoms with Crippen molar-refractivity contribution >= 4 is 0 Å². The van der Waals surface area contributed by atoms with Crippen LogP contribution < -0.4 is 5.32 Å². The van der Waals surface area contributed by atoms with Crippen LogP contribution in [0.5, 0.6) is 0 Å². The molecule has 0 fully saturated rings. The molecule has 0 aliphatic carbocycles. The molecule has 2 rings (SSSR count). The summed E-state index contributed by atoms with van der Waals surface area (Å²) in [7, 11) is 0. The van der Waals surface area contributed by atoms with Crippen molar-refractivity contribution in [3.8, 4) is 0 Å². The van der Waals surface area contributed by atoms with Crippen LogP contribution in [0.1, 0.15) is 36.0 Å². The molecule has 0 aromatic heterocycles. The van der Waals surface area contributed by atoms with Crippen molar-refractivity contribution in [2.24, 2.45) is 0 Å². The first-order valence-corrected chi connectivity index (χ1v) is 5.67. The predicted molar refractivity (Wildman–Crippen MR) is 65.0 cm³/mol. The minimum Gasteiger partial charge on any atom is -0.385 e. The fourth-order valence-corrected chi connectivity index (χ4v) is 2.13. The first-order chi connectivity index (χ1) is 7.16. The van der Waals surface area contributed by atoms with Gasteiger partial charge in [-0.05, 0) is 43.4 Å². The van der Waals surface area contributed by atoms with Crippen molar-refractivity contribution < 1.29 is 0 Å². The van der Waals surface area contributed by atoms with Gasteiger partial charge in [0, 0.05) is 12.2 Å². The Bertz CT molecular complexity index is 390. The lowest BCUT2D eigenvalue weighted by atomic mass is 9.90. The summed E-state index contributed by atoms with van der Waals surface area (Å²) >= 11 is 0. The topological polar surface area (TPSA) is 12.0 Å². The van der Waals surface area contributed by atoms with Gasteiger partial charge in [0.25, 0.3) is 0 Å². The van der Waals surface area contributed by atoms with Crippen molar-refractivity contribution in [2.75, 3.05) is 6.54 Å². The predicted octanol–water partition coefficient (Wildman–Crippen LogP) is 3.28. The van der Waals surface area contributed by atoms with Crippen LogP contribution >= 0.6 is 0 Å². The summed E-state index contributed by atoms with van der Waals surface area (Å²) in [5, 5.41) is 3.34. The maximum atomic E-state index is 3.34. The Hall–Kier alpha value is -1.24. The van der Waals surface area contributed by atoms with Crippen molar-refractivity contribution in [1.29, 1.82) is 0 Å². The van der Waals surface area contributed by atoms with Crippen molar-refractivity contribution in [1.82, 2.24) is 5.32 Å². The van der Waals surface area contributed by atoms with Crippen molar-refractivity contribution in [2.45, 2.75) is 33.1 Å². The third-order valence-electron chi connectivity index (χ3n) is 3.17. The van der Waals surface area contributed by atoms with Gasteiger partial charge < -0.3 is 5.32 Å². The smallest absolute Gasteiger partial charge is 0.0347 e. The normalized spacial score (nSPS) is 16.3. The highest BCUT2D eigenvalue weighted by Gasteiger charge is 2.13. The highest BCUT2D eigenvalue weighted by molar-refractivity contribution is 5.34. The molecule has 1 heteroatoms. The molecule has 1 aromatic rings. The highest BCUT2D eigenvalue weighted by Crippen LogP contribution is 2.27. The fraction of sp³-hybridized carbons (Fsp3) is 0.429. The lowest BCUT2D eigenvalue weighted by Crippen LogP contribution is -2.24. The van der Waals surface area contributed by atoms with E-state index in [9.17, 15) is 0 Å². The van der Waals surface area contributed by atoms with Crippen molar-refractivity contribution in [3.63, 3.8) is 0 Å².